The van der Waals surface area contributed by atoms with E-state index < -0.39 is 35.5 Å². The summed E-state index contributed by atoms with van der Waals surface area (Å²) in [5.74, 6) is -1.61. The van der Waals surface area contributed by atoms with E-state index in [0.717, 1.165) is 25.7 Å². The van der Waals surface area contributed by atoms with E-state index in [1.165, 1.54) is 12.4 Å². The Hall–Kier alpha value is -2.32. The molecule has 0 aliphatic carbocycles. The normalized spacial score (nSPS) is 16.4. The van der Waals surface area contributed by atoms with Gasteiger partial charge in [0.1, 0.15) is 17.7 Å². The van der Waals surface area contributed by atoms with E-state index >= 15 is 0 Å². The van der Waals surface area contributed by atoms with Crippen molar-refractivity contribution in [3.05, 3.63) is 33.7 Å². The summed E-state index contributed by atoms with van der Waals surface area (Å²) in [4.78, 5) is 39.5. The Labute approximate surface area is 161 Å². The van der Waals surface area contributed by atoms with E-state index in [9.17, 15) is 27.6 Å². The van der Waals surface area contributed by atoms with Crippen molar-refractivity contribution in [2.75, 3.05) is 19.6 Å². The van der Waals surface area contributed by atoms with Gasteiger partial charge in [0.15, 0.2) is 0 Å². The Morgan fingerprint density at radius 2 is 1.68 bits per heavy atom. The Morgan fingerprint density at radius 1 is 1.11 bits per heavy atom. The first-order valence-electron chi connectivity index (χ1n) is 9.54. The highest BCUT2D eigenvalue weighted by molar-refractivity contribution is 5.99. The molecule has 156 valence electrons. The first kappa shape index (κ1) is 22.0. The molecule has 1 aliphatic heterocycles. The van der Waals surface area contributed by atoms with E-state index in [4.69, 9.17) is 0 Å². The minimum Gasteiger partial charge on any atom is -0.350 e. The number of aromatic nitrogens is 1. The molecule has 1 aliphatic rings. The minimum atomic E-state index is -4.59. The van der Waals surface area contributed by atoms with Crippen LogP contribution in [0.3, 0.4) is 0 Å². The average Bonchev–Trinajstić information content (AvgIpc) is 2.94. The van der Waals surface area contributed by atoms with Gasteiger partial charge in [-0.25, -0.2) is 0 Å². The summed E-state index contributed by atoms with van der Waals surface area (Å²) in [6.07, 6.45) is 2.36. The third-order valence-electron chi connectivity index (χ3n) is 4.96. The smallest absolute Gasteiger partial charge is 0.350 e. The van der Waals surface area contributed by atoms with Crippen LogP contribution >= 0.6 is 0 Å². The number of likely N-dealkylation sites (tertiary alicyclic amines) is 1. The zero-order chi connectivity index (χ0) is 20.9. The fourth-order valence-electron chi connectivity index (χ4n) is 3.10. The quantitative estimate of drug-likeness (QED) is 0.824. The highest BCUT2D eigenvalue weighted by atomic mass is 19.4. The molecule has 0 radical (unpaired) electrons. The van der Waals surface area contributed by atoms with Crippen LogP contribution in [0.5, 0.6) is 0 Å². The van der Waals surface area contributed by atoms with Crippen molar-refractivity contribution in [3.63, 3.8) is 0 Å². The van der Waals surface area contributed by atoms with E-state index in [2.05, 4.69) is 0 Å². The summed E-state index contributed by atoms with van der Waals surface area (Å²) in [5, 5.41) is 1.72. The number of carbonyl (C=O) groups excluding carboxylic acids is 2. The fraction of sp³-hybridized carbons (Fsp3) is 0.632. The number of alkyl halides is 3. The van der Waals surface area contributed by atoms with Gasteiger partial charge < -0.3 is 14.8 Å². The van der Waals surface area contributed by atoms with Gasteiger partial charge in [-0.1, -0.05) is 19.8 Å². The first-order chi connectivity index (χ1) is 13.1. The summed E-state index contributed by atoms with van der Waals surface area (Å²) >= 11 is 0. The van der Waals surface area contributed by atoms with Crippen molar-refractivity contribution in [2.45, 2.75) is 58.2 Å². The summed E-state index contributed by atoms with van der Waals surface area (Å²) in [5.41, 5.74) is -1.47. The van der Waals surface area contributed by atoms with Crippen molar-refractivity contribution in [1.29, 1.82) is 0 Å². The van der Waals surface area contributed by atoms with Crippen LogP contribution in [0.2, 0.25) is 0 Å². The molecule has 1 aromatic heterocycles. The molecule has 2 amide bonds. The molecular formula is C19H26F3N3O3. The van der Waals surface area contributed by atoms with E-state index in [0.29, 0.717) is 19.5 Å². The summed E-state index contributed by atoms with van der Waals surface area (Å²) in [6, 6.07) is -0.134. The second kappa shape index (κ2) is 9.25. The third-order valence-corrected chi connectivity index (χ3v) is 4.96. The largest absolute Gasteiger partial charge is 0.405 e. The molecule has 0 aromatic carbocycles. The van der Waals surface area contributed by atoms with Gasteiger partial charge in [-0.2, -0.15) is 13.2 Å². The Morgan fingerprint density at radius 3 is 2.21 bits per heavy atom. The van der Waals surface area contributed by atoms with E-state index in [-0.39, 0.29) is 11.6 Å². The number of amides is 2. The Bertz CT molecular complexity index is 766. The number of carbonyl (C=O) groups is 2. The molecule has 1 atom stereocenters. The maximum absolute atomic E-state index is 12.9. The molecule has 1 N–H and O–H groups in total. The van der Waals surface area contributed by atoms with E-state index in [1.807, 2.05) is 13.8 Å². The number of hydrogen-bond donors (Lipinski definition) is 1. The van der Waals surface area contributed by atoms with Crippen LogP contribution in [0.4, 0.5) is 13.2 Å². The van der Waals surface area contributed by atoms with Crippen LogP contribution in [0.15, 0.2) is 17.2 Å². The average molecular weight is 401 g/mol. The minimum absolute atomic E-state index is 0.134. The number of nitrogens with zero attached hydrogens (tertiary/aromatic N) is 2. The second-order valence-electron chi connectivity index (χ2n) is 7.12. The number of pyridine rings is 1. The maximum atomic E-state index is 12.9. The Balaban J connectivity index is 2.42. The van der Waals surface area contributed by atoms with Crippen LogP contribution in [0.1, 0.15) is 72.7 Å². The lowest BCUT2D eigenvalue weighted by atomic mass is 10.1. The number of nitrogens with one attached hydrogen (secondary N) is 1. The lowest BCUT2D eigenvalue weighted by Crippen LogP contribution is -2.40. The number of rotatable bonds is 5. The molecule has 0 saturated carbocycles. The van der Waals surface area contributed by atoms with Crippen LogP contribution in [0.25, 0.3) is 0 Å². The van der Waals surface area contributed by atoms with Crippen molar-refractivity contribution in [1.82, 2.24) is 14.8 Å². The summed E-state index contributed by atoms with van der Waals surface area (Å²) < 4.78 is 38.8. The lowest BCUT2D eigenvalue weighted by molar-refractivity contribution is -0.123. The Kier molecular flexibility index (Phi) is 7.26. The molecule has 2 heterocycles. The van der Waals surface area contributed by atoms with Crippen LogP contribution in [-0.4, -0.2) is 47.1 Å². The molecule has 9 heteroatoms. The highest BCUT2D eigenvalue weighted by Gasteiger charge is 2.30. The van der Waals surface area contributed by atoms with Gasteiger partial charge in [0, 0.05) is 31.5 Å². The third kappa shape index (κ3) is 5.59. The van der Waals surface area contributed by atoms with Gasteiger partial charge in [-0.05, 0) is 26.2 Å². The molecule has 0 bridgehead atoms. The summed E-state index contributed by atoms with van der Waals surface area (Å²) in [6.45, 7) is 3.22. The van der Waals surface area contributed by atoms with Gasteiger partial charge in [0.25, 0.3) is 11.8 Å². The van der Waals surface area contributed by atoms with Crippen molar-refractivity contribution in [2.24, 2.45) is 0 Å². The molecular weight excluding hydrogens is 375 g/mol. The molecule has 1 fully saturated rings. The monoisotopic (exact) mass is 401 g/mol. The molecule has 0 spiro atoms. The molecule has 0 unspecified atom stereocenters. The predicted molar refractivity (Wildman–Crippen MR) is 98.5 cm³/mol. The van der Waals surface area contributed by atoms with Crippen molar-refractivity contribution >= 4 is 11.8 Å². The number of halogens is 3. The van der Waals surface area contributed by atoms with Gasteiger partial charge in [-0.3, -0.25) is 14.4 Å². The topological polar surface area (TPSA) is 71.4 Å². The van der Waals surface area contributed by atoms with Gasteiger partial charge >= 0.3 is 6.18 Å². The SMILES string of the molecule is CC[C@@H](C)n1cc(C(=O)NCC(F)(F)F)c(=O)c(C(=O)N2CCCCCC2)c1. The predicted octanol–water partition coefficient (Wildman–Crippen LogP) is 3.13. The van der Waals surface area contributed by atoms with Gasteiger partial charge in [0.2, 0.25) is 5.43 Å². The van der Waals surface area contributed by atoms with Gasteiger partial charge in [0.05, 0.1) is 0 Å². The maximum Gasteiger partial charge on any atom is 0.405 e. The van der Waals surface area contributed by atoms with Crippen molar-refractivity contribution < 1.29 is 22.8 Å². The zero-order valence-corrected chi connectivity index (χ0v) is 16.1. The van der Waals surface area contributed by atoms with Crippen LogP contribution in [0, 0.1) is 0 Å². The molecule has 28 heavy (non-hydrogen) atoms. The van der Waals surface area contributed by atoms with Crippen molar-refractivity contribution in [3.8, 4) is 0 Å². The first-order valence-corrected chi connectivity index (χ1v) is 9.54. The molecule has 2 rings (SSSR count). The van der Waals surface area contributed by atoms with E-state index in [1.54, 1.807) is 14.8 Å². The van der Waals surface area contributed by atoms with Gasteiger partial charge in [-0.15, -0.1) is 0 Å². The number of hydrogen-bond acceptors (Lipinski definition) is 3. The van der Waals surface area contributed by atoms with Crippen LogP contribution in [-0.2, 0) is 0 Å². The zero-order valence-electron chi connectivity index (χ0n) is 16.1. The molecule has 1 saturated heterocycles. The summed E-state index contributed by atoms with van der Waals surface area (Å²) in [7, 11) is 0. The second-order valence-corrected chi connectivity index (χ2v) is 7.12. The fourth-order valence-corrected chi connectivity index (χ4v) is 3.10. The standard InChI is InChI=1S/C19H26F3N3O3/c1-3-13(2)25-10-14(17(27)23-12-19(20,21)22)16(26)15(11-25)18(28)24-8-6-4-5-7-9-24/h10-11,13H,3-9,12H2,1-2H3,(H,23,27)/t13-/m1/s1. The molecule has 6 nitrogen and oxygen atoms in total. The van der Waals surface area contributed by atoms with Crippen LogP contribution < -0.4 is 10.7 Å². The lowest BCUT2D eigenvalue weighted by Gasteiger charge is -2.22. The highest BCUT2D eigenvalue weighted by Crippen LogP contribution is 2.16. The molecule has 1 aromatic rings.